The maximum atomic E-state index is 11.3. The quantitative estimate of drug-likeness (QED) is 0.847. The van der Waals surface area contributed by atoms with Gasteiger partial charge >= 0.3 is 5.97 Å². The minimum Gasteiger partial charge on any atom is -0.478 e. The third-order valence-corrected chi connectivity index (χ3v) is 3.41. The van der Waals surface area contributed by atoms with Gasteiger partial charge in [0.2, 0.25) is 10.0 Å². The number of aromatic nitrogens is 1. The molecule has 1 aliphatic heterocycles. The average Bonchev–Trinajstić information content (AvgIpc) is 2.79. The molecule has 7 nitrogen and oxygen atoms in total. The Morgan fingerprint density at radius 2 is 2.05 bits per heavy atom. The third kappa shape index (κ3) is 3.34. The van der Waals surface area contributed by atoms with E-state index in [2.05, 4.69) is 9.71 Å². The summed E-state index contributed by atoms with van der Waals surface area (Å²) in [7, 11) is -3.48. The number of pyridine rings is 1. The highest BCUT2D eigenvalue weighted by atomic mass is 32.2. The Balaban J connectivity index is 2.43. The van der Waals surface area contributed by atoms with Gasteiger partial charge in [0.1, 0.15) is 0 Å². The molecule has 0 spiro atoms. The van der Waals surface area contributed by atoms with Gasteiger partial charge in [-0.15, -0.1) is 0 Å². The summed E-state index contributed by atoms with van der Waals surface area (Å²) in [5, 5.41) is 8.93. The lowest BCUT2D eigenvalue weighted by molar-refractivity contribution is 0.0696. The van der Waals surface area contributed by atoms with Gasteiger partial charge in [-0.1, -0.05) is 0 Å². The molecule has 0 unspecified atom stereocenters. The Morgan fingerprint density at radius 1 is 1.42 bits per heavy atom. The Morgan fingerprint density at radius 3 is 2.58 bits per heavy atom. The molecule has 0 amide bonds. The molecule has 8 heteroatoms. The van der Waals surface area contributed by atoms with E-state index in [1.54, 1.807) is 0 Å². The molecule has 1 aromatic heterocycles. The normalized spacial score (nSPS) is 15.5. The molecule has 2 rings (SSSR count). The van der Waals surface area contributed by atoms with Crippen LogP contribution in [0.5, 0.6) is 0 Å². The number of nitrogens with one attached hydrogen (secondary N) is 1. The van der Waals surface area contributed by atoms with E-state index in [-0.39, 0.29) is 11.3 Å². The Hall–Kier alpha value is -1.83. The number of nitrogens with zero attached hydrogens (tertiary/aromatic N) is 2. The lowest BCUT2D eigenvalue weighted by atomic mass is 10.2. The molecule has 104 valence electrons. The molecule has 2 N–H and O–H groups in total. The molecule has 0 bridgehead atoms. The zero-order valence-electron chi connectivity index (χ0n) is 10.5. The number of carbonyl (C=O) groups is 1. The van der Waals surface area contributed by atoms with Gasteiger partial charge in [0.05, 0.1) is 17.5 Å². The molecule has 0 atom stereocenters. The molecule has 2 heterocycles. The lowest BCUT2D eigenvalue weighted by Crippen LogP contribution is -2.22. The first-order valence-corrected chi connectivity index (χ1v) is 7.72. The highest BCUT2D eigenvalue weighted by molar-refractivity contribution is 7.92. The molecule has 0 saturated carbocycles. The summed E-state index contributed by atoms with van der Waals surface area (Å²) in [6.45, 7) is 1.58. The summed E-state index contributed by atoms with van der Waals surface area (Å²) in [4.78, 5) is 16.9. The van der Waals surface area contributed by atoms with Crippen molar-refractivity contribution in [3.8, 4) is 0 Å². The van der Waals surface area contributed by atoms with Crippen LogP contribution in [0.1, 0.15) is 23.2 Å². The first-order chi connectivity index (χ1) is 8.87. The number of anilines is 2. The Kier molecular flexibility index (Phi) is 3.61. The summed E-state index contributed by atoms with van der Waals surface area (Å²) in [6, 6.07) is 1.30. The maximum Gasteiger partial charge on any atom is 0.337 e. The number of rotatable bonds is 4. The number of carboxylic acid groups (broad SMARTS) is 1. The SMILES string of the molecule is CS(=O)(=O)Nc1cc(C(=O)O)cnc1N1CCCC1. The van der Waals surface area contributed by atoms with Crippen LogP contribution in [0.15, 0.2) is 12.3 Å². The number of sulfonamides is 1. The third-order valence-electron chi connectivity index (χ3n) is 2.81. The zero-order valence-corrected chi connectivity index (χ0v) is 11.3. The average molecular weight is 285 g/mol. The predicted molar refractivity (Wildman–Crippen MR) is 71.1 cm³/mol. The molecule has 0 aromatic carbocycles. The molecular weight excluding hydrogens is 270 g/mol. The van der Waals surface area contributed by atoms with Gasteiger partial charge in [-0.3, -0.25) is 4.72 Å². The summed E-state index contributed by atoms with van der Waals surface area (Å²) in [5.41, 5.74) is 0.165. The van der Waals surface area contributed by atoms with Gasteiger partial charge in [-0.05, 0) is 18.9 Å². The van der Waals surface area contributed by atoms with Crippen LogP contribution < -0.4 is 9.62 Å². The standard InChI is InChI=1S/C11H15N3O4S/c1-19(17,18)13-9-6-8(11(15)16)7-12-10(9)14-4-2-3-5-14/h6-7,13H,2-5H2,1H3,(H,15,16). The van der Waals surface area contributed by atoms with Gasteiger partial charge in [-0.2, -0.15) is 0 Å². The van der Waals surface area contributed by atoms with Gasteiger partial charge in [0, 0.05) is 19.3 Å². The van der Waals surface area contributed by atoms with Crippen LogP contribution in [0.2, 0.25) is 0 Å². The molecular formula is C11H15N3O4S. The van der Waals surface area contributed by atoms with Crippen molar-refractivity contribution in [2.75, 3.05) is 29.0 Å². The van der Waals surface area contributed by atoms with Crippen LogP contribution in [0.3, 0.4) is 0 Å². The van der Waals surface area contributed by atoms with Crippen molar-refractivity contribution in [3.63, 3.8) is 0 Å². The van der Waals surface area contributed by atoms with Crippen molar-refractivity contribution in [2.24, 2.45) is 0 Å². The van der Waals surface area contributed by atoms with Crippen LogP contribution in [-0.4, -0.2) is 43.8 Å². The fourth-order valence-corrected chi connectivity index (χ4v) is 2.58. The van der Waals surface area contributed by atoms with E-state index in [9.17, 15) is 13.2 Å². The smallest absolute Gasteiger partial charge is 0.337 e. The van der Waals surface area contributed by atoms with E-state index in [4.69, 9.17) is 5.11 Å². The number of hydrogen-bond acceptors (Lipinski definition) is 5. The summed E-state index contributed by atoms with van der Waals surface area (Å²) >= 11 is 0. The van der Waals surface area contributed by atoms with E-state index in [1.165, 1.54) is 12.3 Å². The van der Waals surface area contributed by atoms with Crippen LogP contribution >= 0.6 is 0 Å². The second kappa shape index (κ2) is 5.04. The molecule has 1 aliphatic rings. The fraction of sp³-hybridized carbons (Fsp3) is 0.455. The van der Waals surface area contributed by atoms with Gasteiger partial charge in [0.25, 0.3) is 0 Å². The molecule has 19 heavy (non-hydrogen) atoms. The summed E-state index contributed by atoms with van der Waals surface area (Å²) < 4.78 is 25.0. The van der Waals surface area contributed by atoms with Crippen LogP contribution in [0.25, 0.3) is 0 Å². The van der Waals surface area contributed by atoms with Crippen molar-refractivity contribution < 1.29 is 18.3 Å². The van der Waals surface area contributed by atoms with E-state index < -0.39 is 16.0 Å². The Bertz CT molecular complexity index is 594. The first-order valence-electron chi connectivity index (χ1n) is 5.83. The Labute approximate surface area is 111 Å². The van der Waals surface area contributed by atoms with Gasteiger partial charge in [0.15, 0.2) is 5.82 Å². The van der Waals surface area contributed by atoms with E-state index in [0.29, 0.717) is 5.82 Å². The van der Waals surface area contributed by atoms with Crippen LogP contribution in [0.4, 0.5) is 11.5 Å². The van der Waals surface area contributed by atoms with Gasteiger partial charge < -0.3 is 10.0 Å². The van der Waals surface area contributed by atoms with E-state index in [0.717, 1.165) is 32.2 Å². The molecule has 0 radical (unpaired) electrons. The van der Waals surface area contributed by atoms with Crippen molar-refractivity contribution in [1.29, 1.82) is 0 Å². The minimum atomic E-state index is -3.48. The largest absolute Gasteiger partial charge is 0.478 e. The first kappa shape index (κ1) is 13.6. The van der Waals surface area contributed by atoms with Gasteiger partial charge in [-0.25, -0.2) is 18.2 Å². The number of aromatic carboxylic acids is 1. The summed E-state index contributed by atoms with van der Waals surface area (Å²) in [6.07, 6.45) is 4.29. The minimum absolute atomic E-state index is 0.0471. The fourth-order valence-electron chi connectivity index (χ4n) is 2.03. The topological polar surface area (TPSA) is 99.6 Å². The van der Waals surface area contributed by atoms with Crippen LogP contribution in [-0.2, 0) is 10.0 Å². The molecule has 1 saturated heterocycles. The molecule has 0 aliphatic carbocycles. The van der Waals surface area contributed by atoms with Crippen molar-refractivity contribution >= 4 is 27.5 Å². The monoisotopic (exact) mass is 285 g/mol. The second-order valence-electron chi connectivity index (χ2n) is 4.47. The van der Waals surface area contributed by atoms with Crippen molar-refractivity contribution in [2.45, 2.75) is 12.8 Å². The highest BCUT2D eigenvalue weighted by Gasteiger charge is 2.20. The predicted octanol–water partition coefficient (Wildman–Crippen LogP) is 0.751. The zero-order chi connectivity index (χ0) is 14.0. The van der Waals surface area contributed by atoms with Crippen LogP contribution in [0, 0.1) is 0 Å². The lowest BCUT2D eigenvalue weighted by Gasteiger charge is -2.20. The second-order valence-corrected chi connectivity index (χ2v) is 6.22. The molecule has 1 fully saturated rings. The highest BCUT2D eigenvalue weighted by Crippen LogP contribution is 2.28. The number of carboxylic acids is 1. The van der Waals surface area contributed by atoms with E-state index in [1.807, 2.05) is 4.90 Å². The summed E-state index contributed by atoms with van der Waals surface area (Å²) in [5.74, 6) is -0.662. The number of hydrogen-bond donors (Lipinski definition) is 2. The van der Waals surface area contributed by atoms with Crippen molar-refractivity contribution in [1.82, 2.24) is 4.98 Å². The molecule has 1 aromatic rings. The van der Waals surface area contributed by atoms with E-state index >= 15 is 0 Å². The maximum absolute atomic E-state index is 11.3. The van der Waals surface area contributed by atoms with Crippen molar-refractivity contribution in [3.05, 3.63) is 17.8 Å².